The molecule has 0 bridgehead atoms. The van der Waals surface area contributed by atoms with Gasteiger partial charge in [0.1, 0.15) is 0 Å². The van der Waals surface area contributed by atoms with Crippen LogP contribution in [0.5, 0.6) is 0 Å². The third-order valence-electron chi connectivity index (χ3n) is 4.47. The van der Waals surface area contributed by atoms with Crippen molar-refractivity contribution in [2.75, 3.05) is 6.54 Å². The highest BCUT2D eigenvalue weighted by Gasteiger charge is 2.13. The number of hydrogen-bond donors (Lipinski definition) is 1. The van der Waals surface area contributed by atoms with Gasteiger partial charge in [-0.3, -0.25) is 10.2 Å². The average Bonchev–Trinajstić information content (AvgIpc) is 3.32. The third kappa shape index (κ3) is 2.41. The molecule has 0 fully saturated rings. The second kappa shape index (κ2) is 5.73. The van der Waals surface area contributed by atoms with E-state index in [4.69, 9.17) is 0 Å². The van der Waals surface area contributed by atoms with E-state index >= 15 is 0 Å². The fourth-order valence-electron chi connectivity index (χ4n) is 3.17. The van der Waals surface area contributed by atoms with E-state index < -0.39 is 0 Å². The molecular weight excluding hydrogens is 328 g/mol. The van der Waals surface area contributed by atoms with Crippen molar-refractivity contribution in [1.82, 2.24) is 19.8 Å². The van der Waals surface area contributed by atoms with Crippen LogP contribution in [-0.4, -0.2) is 37.8 Å². The molecule has 0 radical (unpaired) electrons. The normalized spacial score (nSPS) is 13.6. The van der Waals surface area contributed by atoms with Crippen molar-refractivity contribution in [2.45, 2.75) is 6.42 Å². The molecule has 1 aliphatic rings. The zero-order chi connectivity index (χ0) is 17.5. The summed E-state index contributed by atoms with van der Waals surface area (Å²) in [7, 11) is 0. The van der Waals surface area contributed by atoms with Gasteiger partial charge < -0.3 is 0 Å². The summed E-state index contributed by atoms with van der Waals surface area (Å²) in [6, 6.07) is 13.5. The van der Waals surface area contributed by atoms with Crippen LogP contribution in [0.15, 0.2) is 59.7 Å². The molecule has 0 amide bonds. The van der Waals surface area contributed by atoms with E-state index in [0.717, 1.165) is 38.3 Å². The van der Waals surface area contributed by atoms with E-state index in [-0.39, 0.29) is 0 Å². The van der Waals surface area contributed by atoms with E-state index in [1.54, 1.807) is 10.7 Å². The number of aromatic nitrogens is 5. The molecule has 0 saturated heterocycles. The molecule has 5 rings (SSSR count). The van der Waals surface area contributed by atoms with Gasteiger partial charge in [-0.05, 0) is 29.8 Å². The van der Waals surface area contributed by atoms with Crippen molar-refractivity contribution < 1.29 is 9.94 Å². The number of benzene rings is 1. The first kappa shape index (κ1) is 14.7. The Morgan fingerprint density at radius 2 is 2.08 bits per heavy atom. The minimum atomic E-state index is 0.598. The van der Waals surface area contributed by atoms with Gasteiger partial charge in [-0.1, -0.05) is 12.1 Å². The minimum Gasteiger partial charge on any atom is -0.288 e. The Kier molecular flexibility index (Phi) is 3.24. The molecule has 0 saturated carbocycles. The van der Waals surface area contributed by atoms with Crippen LogP contribution in [0.3, 0.4) is 0 Å². The summed E-state index contributed by atoms with van der Waals surface area (Å²) in [6.07, 6.45) is 6.10. The second-order valence-corrected chi connectivity index (χ2v) is 6.18. The summed E-state index contributed by atoms with van der Waals surface area (Å²) in [5, 5.41) is 24.0. The van der Waals surface area contributed by atoms with Gasteiger partial charge in [0.15, 0.2) is 11.5 Å². The lowest BCUT2D eigenvalue weighted by atomic mass is 10.1. The van der Waals surface area contributed by atoms with Gasteiger partial charge >= 0.3 is 0 Å². The SMILES string of the molecule is O[n+]1cccc2cc(Cc3nnc4ccc(C5=CCN=C5)nn34)ccc21. The number of pyridine rings is 1. The highest BCUT2D eigenvalue weighted by molar-refractivity contribution is 6.10. The number of rotatable bonds is 3. The molecule has 1 aromatic carbocycles. The molecule has 0 spiro atoms. The highest BCUT2D eigenvalue weighted by Crippen LogP contribution is 2.17. The lowest BCUT2D eigenvalue weighted by molar-refractivity contribution is -0.884. The Labute approximate surface area is 148 Å². The van der Waals surface area contributed by atoms with Crippen molar-refractivity contribution in [1.29, 1.82) is 0 Å². The number of hydrogen-bond acceptors (Lipinski definition) is 5. The van der Waals surface area contributed by atoms with Gasteiger partial charge in [0.2, 0.25) is 6.20 Å². The van der Waals surface area contributed by atoms with Crippen LogP contribution in [0.4, 0.5) is 0 Å². The standard InChI is InChI=1S/C19H15N6O/c26-24-9-1-2-14-10-13(3-5-17(14)24)11-19-22-21-18-6-4-16(23-25(18)19)15-7-8-20-12-15/h1-7,9-10,12,26H,8,11H2/q+1. The summed E-state index contributed by atoms with van der Waals surface area (Å²) in [6.45, 7) is 0.700. The number of nitrogens with zero attached hydrogens (tertiary/aromatic N) is 6. The Morgan fingerprint density at radius 1 is 1.12 bits per heavy atom. The molecule has 7 heteroatoms. The molecule has 0 unspecified atom stereocenters. The maximum atomic E-state index is 9.86. The maximum Gasteiger partial charge on any atom is 0.264 e. The zero-order valence-electron chi connectivity index (χ0n) is 13.8. The minimum absolute atomic E-state index is 0.598. The molecule has 3 aromatic heterocycles. The molecule has 7 nitrogen and oxygen atoms in total. The van der Waals surface area contributed by atoms with Crippen molar-refractivity contribution in [3.8, 4) is 0 Å². The molecular formula is C19H15N6O+. The molecule has 0 atom stereocenters. The Hall–Kier alpha value is -3.61. The molecule has 4 aromatic rings. The summed E-state index contributed by atoms with van der Waals surface area (Å²) in [4.78, 5) is 4.21. The van der Waals surface area contributed by atoms with Crippen LogP contribution in [0.25, 0.3) is 22.1 Å². The van der Waals surface area contributed by atoms with Crippen LogP contribution in [0.2, 0.25) is 0 Å². The average molecular weight is 343 g/mol. The van der Waals surface area contributed by atoms with Crippen molar-refractivity contribution in [2.24, 2.45) is 4.99 Å². The van der Waals surface area contributed by atoms with Crippen LogP contribution in [0, 0.1) is 0 Å². The van der Waals surface area contributed by atoms with Crippen molar-refractivity contribution >= 4 is 28.3 Å². The van der Waals surface area contributed by atoms with E-state index in [0.29, 0.717) is 18.6 Å². The summed E-state index contributed by atoms with van der Waals surface area (Å²) in [5.41, 5.74) is 4.43. The van der Waals surface area contributed by atoms with Gasteiger partial charge in [-0.15, -0.1) is 10.2 Å². The Balaban J connectivity index is 1.55. The Bertz CT molecular complexity index is 1210. The first-order chi connectivity index (χ1) is 12.8. The van der Waals surface area contributed by atoms with Crippen LogP contribution in [-0.2, 0) is 6.42 Å². The maximum absolute atomic E-state index is 9.86. The summed E-state index contributed by atoms with van der Waals surface area (Å²) < 4.78 is 2.90. The van der Waals surface area contributed by atoms with Gasteiger partial charge in [-0.25, -0.2) is 0 Å². The molecule has 126 valence electrons. The van der Waals surface area contributed by atoms with Crippen LogP contribution < -0.4 is 4.73 Å². The predicted octanol–water partition coefficient (Wildman–Crippen LogP) is 1.86. The first-order valence-corrected chi connectivity index (χ1v) is 8.32. The predicted molar refractivity (Wildman–Crippen MR) is 96.3 cm³/mol. The number of allylic oxidation sites excluding steroid dienone is 1. The highest BCUT2D eigenvalue weighted by atomic mass is 16.5. The monoisotopic (exact) mass is 343 g/mol. The van der Waals surface area contributed by atoms with E-state index in [1.807, 2.05) is 54.8 Å². The fraction of sp³-hybridized carbons (Fsp3) is 0.105. The summed E-state index contributed by atoms with van der Waals surface area (Å²) in [5.74, 6) is 0.768. The lowest BCUT2D eigenvalue weighted by Gasteiger charge is -2.03. The van der Waals surface area contributed by atoms with E-state index in [1.165, 1.54) is 0 Å². The molecule has 1 N–H and O–H groups in total. The van der Waals surface area contributed by atoms with Gasteiger partial charge in [-0.2, -0.15) is 9.61 Å². The molecule has 0 aliphatic carbocycles. The van der Waals surface area contributed by atoms with Gasteiger partial charge in [0.05, 0.1) is 17.6 Å². The molecule has 26 heavy (non-hydrogen) atoms. The quantitative estimate of drug-likeness (QED) is 0.455. The smallest absolute Gasteiger partial charge is 0.264 e. The number of fused-ring (bicyclic) bond motifs is 2. The van der Waals surface area contributed by atoms with Gasteiger partial charge in [0, 0.05) is 35.1 Å². The first-order valence-electron chi connectivity index (χ1n) is 8.32. The van der Waals surface area contributed by atoms with Gasteiger partial charge in [0.25, 0.3) is 5.52 Å². The van der Waals surface area contributed by atoms with E-state index in [9.17, 15) is 5.21 Å². The topological polar surface area (TPSA) is 79.5 Å². The Morgan fingerprint density at radius 3 is 2.96 bits per heavy atom. The van der Waals surface area contributed by atoms with Crippen molar-refractivity contribution in [3.05, 3.63) is 71.8 Å². The van der Waals surface area contributed by atoms with Crippen LogP contribution >= 0.6 is 0 Å². The molecule has 4 heterocycles. The van der Waals surface area contributed by atoms with E-state index in [2.05, 4.69) is 20.3 Å². The fourth-order valence-corrected chi connectivity index (χ4v) is 3.17. The summed E-state index contributed by atoms with van der Waals surface area (Å²) >= 11 is 0. The third-order valence-corrected chi connectivity index (χ3v) is 4.47. The molecule has 1 aliphatic heterocycles. The lowest BCUT2D eigenvalue weighted by Crippen LogP contribution is -2.29. The van der Waals surface area contributed by atoms with Crippen molar-refractivity contribution in [3.63, 3.8) is 0 Å². The zero-order valence-corrected chi connectivity index (χ0v) is 13.8. The number of aliphatic imine (C=N–C) groups is 1. The second-order valence-electron chi connectivity index (χ2n) is 6.18. The largest absolute Gasteiger partial charge is 0.288 e. The van der Waals surface area contributed by atoms with Crippen LogP contribution in [0.1, 0.15) is 17.1 Å².